The summed E-state index contributed by atoms with van der Waals surface area (Å²) in [4.78, 5) is 31.9. The molecule has 0 aliphatic heterocycles. The molecule has 2 aromatic rings. The number of aromatic amines is 1. The van der Waals surface area contributed by atoms with Crippen LogP contribution in [0.4, 0.5) is 0 Å². The Kier molecular flexibility index (Phi) is 5.46. The number of hydroxylamine groups is 2. The number of hydrogen-bond donors (Lipinski definition) is 1. The average molecular weight is 334 g/mol. The number of methoxy groups -OCH3 is 2. The van der Waals surface area contributed by atoms with E-state index in [0.717, 1.165) is 16.5 Å². The van der Waals surface area contributed by atoms with E-state index in [1.54, 1.807) is 27.3 Å². The first-order valence-corrected chi connectivity index (χ1v) is 7.53. The molecule has 1 aromatic carbocycles. The number of nitrogens with zero attached hydrogens (tertiary/aromatic N) is 1. The monoisotopic (exact) mass is 334 g/mol. The fourth-order valence-corrected chi connectivity index (χ4v) is 2.60. The molecule has 0 atom stereocenters. The molecule has 0 bridgehead atoms. The van der Waals surface area contributed by atoms with E-state index >= 15 is 0 Å². The highest BCUT2D eigenvalue weighted by atomic mass is 16.7. The Balaban J connectivity index is 2.49. The number of ether oxygens (including phenoxy) is 2. The summed E-state index contributed by atoms with van der Waals surface area (Å²) in [5.74, 6) is 0.721. The zero-order chi connectivity index (χ0) is 17.9. The molecule has 2 rings (SSSR count). The molecule has 0 radical (unpaired) electrons. The van der Waals surface area contributed by atoms with Gasteiger partial charge >= 0.3 is 5.97 Å². The van der Waals surface area contributed by atoms with E-state index in [1.165, 1.54) is 12.2 Å². The molecule has 0 amide bonds. The van der Waals surface area contributed by atoms with Gasteiger partial charge in [-0.05, 0) is 30.9 Å². The highest BCUT2D eigenvalue weighted by Crippen LogP contribution is 2.34. The van der Waals surface area contributed by atoms with E-state index in [2.05, 4.69) is 4.98 Å². The van der Waals surface area contributed by atoms with Crippen LogP contribution in [0, 0.1) is 6.92 Å². The zero-order valence-electron chi connectivity index (χ0n) is 14.6. The van der Waals surface area contributed by atoms with Crippen molar-refractivity contribution in [2.45, 2.75) is 19.8 Å². The van der Waals surface area contributed by atoms with Crippen LogP contribution in [0.25, 0.3) is 10.8 Å². The van der Waals surface area contributed by atoms with Crippen LogP contribution in [0.15, 0.2) is 16.9 Å². The van der Waals surface area contributed by atoms with Gasteiger partial charge in [-0.1, -0.05) is 0 Å². The quantitative estimate of drug-likeness (QED) is 0.812. The smallest absolute Gasteiger partial charge is 0.325 e. The third-order valence-electron chi connectivity index (χ3n) is 3.69. The first kappa shape index (κ1) is 17.8. The van der Waals surface area contributed by atoms with Gasteiger partial charge in [0.05, 0.1) is 20.6 Å². The van der Waals surface area contributed by atoms with Gasteiger partial charge < -0.3 is 19.3 Å². The maximum absolute atomic E-state index is 12.4. The molecular weight excluding hydrogens is 312 g/mol. The predicted molar refractivity (Wildman–Crippen MR) is 90.5 cm³/mol. The second-order valence-electron chi connectivity index (χ2n) is 5.59. The average Bonchev–Trinajstić information content (AvgIpc) is 2.52. The SMILES string of the molecule is COc1cc2c(C)[nH]c(=O)c(CCC(=O)ON(C)C)c2cc1OC. The van der Waals surface area contributed by atoms with Crippen molar-refractivity contribution in [3.63, 3.8) is 0 Å². The van der Waals surface area contributed by atoms with Gasteiger partial charge in [-0.15, -0.1) is 5.06 Å². The molecular formula is C17H22N2O5. The number of hydrogen-bond acceptors (Lipinski definition) is 6. The molecule has 0 fully saturated rings. The van der Waals surface area contributed by atoms with Crippen molar-refractivity contribution in [1.82, 2.24) is 10.0 Å². The second-order valence-corrected chi connectivity index (χ2v) is 5.59. The highest BCUT2D eigenvalue weighted by molar-refractivity contribution is 5.90. The van der Waals surface area contributed by atoms with Gasteiger partial charge in [-0.2, -0.15) is 0 Å². The van der Waals surface area contributed by atoms with E-state index in [1.807, 2.05) is 13.0 Å². The third-order valence-corrected chi connectivity index (χ3v) is 3.69. The Bertz CT molecular complexity index is 811. The van der Waals surface area contributed by atoms with Crippen molar-refractivity contribution in [1.29, 1.82) is 0 Å². The summed E-state index contributed by atoms with van der Waals surface area (Å²) in [6.45, 7) is 1.82. The fraction of sp³-hybridized carbons (Fsp3) is 0.412. The lowest BCUT2D eigenvalue weighted by Gasteiger charge is -2.14. The van der Waals surface area contributed by atoms with Gasteiger partial charge in [-0.25, -0.2) is 0 Å². The van der Waals surface area contributed by atoms with E-state index in [9.17, 15) is 9.59 Å². The first-order chi connectivity index (χ1) is 11.4. The number of nitrogens with one attached hydrogen (secondary N) is 1. The normalized spacial score (nSPS) is 10.9. The Hall–Kier alpha value is -2.54. The van der Waals surface area contributed by atoms with Crippen LogP contribution in [0.3, 0.4) is 0 Å². The minimum absolute atomic E-state index is 0.105. The number of carbonyl (C=O) groups excluding carboxylic acids is 1. The number of rotatable bonds is 6. The largest absolute Gasteiger partial charge is 0.493 e. The summed E-state index contributed by atoms with van der Waals surface area (Å²) in [6, 6.07) is 3.59. The van der Waals surface area contributed by atoms with E-state index < -0.39 is 5.97 Å². The molecule has 1 aromatic heterocycles. The zero-order valence-corrected chi connectivity index (χ0v) is 14.6. The van der Waals surface area contributed by atoms with Crippen molar-refractivity contribution in [3.8, 4) is 11.5 Å². The standard InChI is InChI=1S/C17H22N2O5/c1-10-12-8-14(22-4)15(23-5)9-13(12)11(17(21)18-10)6-7-16(20)24-19(2)3/h8-9H,6-7H2,1-5H3,(H,18,21). The molecule has 7 nitrogen and oxygen atoms in total. The molecule has 130 valence electrons. The lowest BCUT2D eigenvalue weighted by Crippen LogP contribution is -2.21. The van der Waals surface area contributed by atoms with Crippen molar-refractivity contribution in [2.24, 2.45) is 0 Å². The maximum Gasteiger partial charge on any atom is 0.325 e. The van der Waals surface area contributed by atoms with Crippen LogP contribution in [0.2, 0.25) is 0 Å². The maximum atomic E-state index is 12.4. The predicted octanol–water partition coefficient (Wildman–Crippen LogP) is 1.81. The van der Waals surface area contributed by atoms with Gasteiger partial charge in [0.25, 0.3) is 5.56 Å². The Morgan fingerprint density at radius 3 is 2.25 bits per heavy atom. The number of H-pyrrole nitrogens is 1. The van der Waals surface area contributed by atoms with Crippen LogP contribution >= 0.6 is 0 Å². The lowest BCUT2D eigenvalue weighted by molar-refractivity contribution is -0.178. The summed E-state index contributed by atoms with van der Waals surface area (Å²) >= 11 is 0. The minimum Gasteiger partial charge on any atom is -0.493 e. The molecule has 1 N–H and O–H groups in total. The summed E-state index contributed by atoms with van der Waals surface area (Å²) in [6.07, 6.45) is 0.377. The molecule has 0 spiro atoms. The minimum atomic E-state index is -0.395. The van der Waals surface area contributed by atoms with Crippen LogP contribution in [0.5, 0.6) is 11.5 Å². The molecule has 0 saturated heterocycles. The van der Waals surface area contributed by atoms with Gasteiger partial charge in [0.2, 0.25) is 0 Å². The Morgan fingerprint density at radius 1 is 1.12 bits per heavy atom. The van der Waals surface area contributed by atoms with Gasteiger partial charge in [0.1, 0.15) is 0 Å². The molecule has 24 heavy (non-hydrogen) atoms. The van der Waals surface area contributed by atoms with Crippen LogP contribution in [0.1, 0.15) is 17.7 Å². The third kappa shape index (κ3) is 3.68. The van der Waals surface area contributed by atoms with Gasteiger partial charge in [0, 0.05) is 30.7 Å². The van der Waals surface area contributed by atoms with Crippen molar-refractivity contribution in [2.75, 3.05) is 28.3 Å². The Morgan fingerprint density at radius 2 is 1.71 bits per heavy atom. The molecule has 0 aliphatic rings. The Labute approximate surface area is 140 Å². The number of benzene rings is 1. The molecule has 7 heteroatoms. The first-order valence-electron chi connectivity index (χ1n) is 7.53. The number of carbonyl (C=O) groups is 1. The van der Waals surface area contributed by atoms with E-state index in [0.29, 0.717) is 17.1 Å². The summed E-state index contributed by atoms with van der Waals surface area (Å²) < 4.78 is 10.6. The summed E-state index contributed by atoms with van der Waals surface area (Å²) in [7, 11) is 6.35. The molecule has 0 saturated carbocycles. The fourth-order valence-electron chi connectivity index (χ4n) is 2.60. The molecule has 1 heterocycles. The molecule has 0 unspecified atom stereocenters. The summed E-state index contributed by atoms with van der Waals surface area (Å²) in [5, 5.41) is 2.92. The lowest BCUT2D eigenvalue weighted by atomic mass is 10.0. The van der Waals surface area contributed by atoms with Crippen LogP contribution in [-0.2, 0) is 16.1 Å². The van der Waals surface area contributed by atoms with Gasteiger partial charge in [0.15, 0.2) is 11.5 Å². The highest BCUT2D eigenvalue weighted by Gasteiger charge is 2.15. The van der Waals surface area contributed by atoms with Crippen molar-refractivity contribution < 1.29 is 19.1 Å². The van der Waals surface area contributed by atoms with E-state index in [-0.39, 0.29) is 18.4 Å². The number of aromatic nitrogens is 1. The van der Waals surface area contributed by atoms with Gasteiger partial charge in [-0.3, -0.25) is 9.59 Å². The molecule has 0 aliphatic carbocycles. The number of pyridine rings is 1. The van der Waals surface area contributed by atoms with Crippen LogP contribution in [-0.4, -0.2) is 44.3 Å². The number of aryl methyl sites for hydroxylation is 2. The van der Waals surface area contributed by atoms with Crippen molar-refractivity contribution >= 4 is 16.7 Å². The van der Waals surface area contributed by atoms with Crippen LogP contribution < -0.4 is 15.0 Å². The van der Waals surface area contributed by atoms with E-state index in [4.69, 9.17) is 14.3 Å². The second kappa shape index (κ2) is 7.35. The summed E-state index contributed by atoms with van der Waals surface area (Å²) in [5.41, 5.74) is 1.03. The number of fused-ring (bicyclic) bond motifs is 1. The van der Waals surface area contributed by atoms with Crippen molar-refractivity contribution in [3.05, 3.63) is 33.7 Å². The topological polar surface area (TPSA) is 80.9 Å².